The first-order valence-corrected chi connectivity index (χ1v) is 15.3. The summed E-state index contributed by atoms with van der Waals surface area (Å²) in [7, 11) is 2.24. The highest BCUT2D eigenvalue weighted by Gasteiger charge is 2.47. The highest BCUT2D eigenvalue weighted by Crippen LogP contribution is 2.41. The van der Waals surface area contributed by atoms with Crippen LogP contribution in [0.5, 0.6) is 0 Å². The van der Waals surface area contributed by atoms with Gasteiger partial charge in [-0.25, -0.2) is 0 Å². The highest BCUT2D eigenvalue weighted by atomic mass is 15.4. The number of likely N-dealkylation sites (tertiary alicyclic amines) is 2. The first kappa shape index (κ1) is 32.3. The molecular formula is C32H58N8. The normalized spacial score (nSPS) is 22.9. The first-order valence-electron chi connectivity index (χ1n) is 15.3. The van der Waals surface area contributed by atoms with Crippen molar-refractivity contribution in [2.24, 2.45) is 0 Å². The minimum absolute atomic E-state index is 0.0222. The fourth-order valence-corrected chi connectivity index (χ4v) is 7.34. The molecule has 2 aliphatic rings. The van der Waals surface area contributed by atoms with Crippen LogP contribution in [0, 0.1) is 0 Å². The minimum Gasteiger partial charge on any atom is -0.351 e. The molecule has 0 atom stereocenters. The lowest BCUT2D eigenvalue weighted by Gasteiger charge is -2.57. The predicted molar refractivity (Wildman–Crippen MR) is 171 cm³/mol. The molecule has 1 aromatic heterocycles. The molecule has 1 aromatic rings. The van der Waals surface area contributed by atoms with Crippen LogP contribution >= 0.6 is 0 Å². The molecule has 226 valence electrons. The van der Waals surface area contributed by atoms with Gasteiger partial charge in [0.2, 0.25) is 17.8 Å². The van der Waals surface area contributed by atoms with Crippen LogP contribution in [0.3, 0.4) is 0 Å². The van der Waals surface area contributed by atoms with Crippen molar-refractivity contribution in [2.75, 3.05) is 42.2 Å². The van der Waals surface area contributed by atoms with Gasteiger partial charge in [-0.1, -0.05) is 25.5 Å². The van der Waals surface area contributed by atoms with E-state index >= 15 is 0 Å². The summed E-state index contributed by atoms with van der Waals surface area (Å²) in [6.07, 6.45) is 10.2. The molecule has 2 fully saturated rings. The van der Waals surface area contributed by atoms with E-state index < -0.39 is 0 Å². The zero-order valence-corrected chi connectivity index (χ0v) is 27.3. The van der Waals surface area contributed by atoms with E-state index in [4.69, 9.17) is 15.0 Å². The van der Waals surface area contributed by atoms with Gasteiger partial charge in [0, 0.05) is 53.9 Å². The first-order chi connectivity index (χ1) is 18.6. The van der Waals surface area contributed by atoms with Crippen LogP contribution < -0.4 is 15.5 Å². The van der Waals surface area contributed by atoms with Gasteiger partial charge >= 0.3 is 0 Å². The van der Waals surface area contributed by atoms with Gasteiger partial charge in [-0.3, -0.25) is 9.80 Å². The number of anilines is 3. The number of nitrogens with one attached hydrogen (secondary N) is 2. The lowest BCUT2D eigenvalue weighted by Crippen LogP contribution is -2.64. The van der Waals surface area contributed by atoms with Crippen LogP contribution in [0.25, 0.3) is 0 Å². The molecule has 0 unspecified atom stereocenters. The fraction of sp³-hybridized carbons (Fsp3) is 0.781. The van der Waals surface area contributed by atoms with Crippen LogP contribution in [0.4, 0.5) is 17.8 Å². The number of unbranched alkanes of at least 4 members (excludes halogenated alkanes) is 1. The lowest BCUT2D eigenvalue weighted by molar-refractivity contribution is -0.0263. The zero-order valence-electron chi connectivity index (χ0n) is 27.3. The number of piperidine rings is 2. The molecule has 0 bridgehead atoms. The van der Waals surface area contributed by atoms with E-state index in [1.54, 1.807) is 0 Å². The van der Waals surface area contributed by atoms with E-state index in [2.05, 4.69) is 108 Å². The Hall–Kier alpha value is -2.19. The second-order valence-electron chi connectivity index (χ2n) is 14.5. The Kier molecular flexibility index (Phi) is 9.99. The lowest BCUT2D eigenvalue weighted by atomic mass is 9.76. The topological polar surface area (TPSA) is 72.5 Å². The summed E-state index contributed by atoms with van der Waals surface area (Å²) >= 11 is 0. The molecule has 0 aliphatic carbocycles. The second-order valence-corrected chi connectivity index (χ2v) is 14.5. The van der Waals surface area contributed by atoms with E-state index in [-0.39, 0.29) is 28.2 Å². The van der Waals surface area contributed by atoms with Crippen molar-refractivity contribution in [1.29, 1.82) is 0 Å². The van der Waals surface area contributed by atoms with Crippen LogP contribution in [0.2, 0.25) is 0 Å². The molecule has 40 heavy (non-hydrogen) atoms. The van der Waals surface area contributed by atoms with Crippen molar-refractivity contribution in [3.63, 3.8) is 0 Å². The number of aromatic nitrogens is 3. The molecule has 0 amide bonds. The number of nitrogens with zero attached hydrogens (tertiary/aromatic N) is 6. The van der Waals surface area contributed by atoms with Crippen LogP contribution in [-0.4, -0.2) is 85.7 Å². The molecule has 0 radical (unpaired) electrons. The molecule has 2 saturated heterocycles. The van der Waals surface area contributed by atoms with Crippen molar-refractivity contribution in [3.8, 4) is 0 Å². The van der Waals surface area contributed by atoms with Crippen molar-refractivity contribution in [1.82, 2.24) is 24.8 Å². The maximum Gasteiger partial charge on any atom is 0.232 e. The van der Waals surface area contributed by atoms with E-state index in [1.165, 1.54) is 0 Å². The molecule has 0 aromatic carbocycles. The average molecular weight is 555 g/mol. The number of rotatable bonds is 12. The smallest absolute Gasteiger partial charge is 0.232 e. The summed E-state index contributed by atoms with van der Waals surface area (Å²) in [6.45, 7) is 31.4. The van der Waals surface area contributed by atoms with Gasteiger partial charge in [0.25, 0.3) is 0 Å². The summed E-state index contributed by atoms with van der Waals surface area (Å²) in [5, 5.41) is 7.09. The van der Waals surface area contributed by atoms with Gasteiger partial charge < -0.3 is 15.5 Å². The van der Waals surface area contributed by atoms with Gasteiger partial charge in [-0.2, -0.15) is 15.0 Å². The third-order valence-corrected chi connectivity index (χ3v) is 9.36. The van der Waals surface area contributed by atoms with Crippen molar-refractivity contribution in [2.45, 2.75) is 135 Å². The highest BCUT2D eigenvalue weighted by molar-refractivity contribution is 5.46. The van der Waals surface area contributed by atoms with Crippen molar-refractivity contribution in [3.05, 3.63) is 25.3 Å². The summed E-state index contributed by atoms with van der Waals surface area (Å²) in [5.74, 6) is 2.02. The maximum atomic E-state index is 5.11. The summed E-state index contributed by atoms with van der Waals surface area (Å²) in [6, 6.07) is 0.592. The number of hydrogen-bond donors (Lipinski definition) is 2. The largest absolute Gasteiger partial charge is 0.351 e. The Balaban J connectivity index is 1.99. The van der Waals surface area contributed by atoms with E-state index in [0.717, 1.165) is 57.6 Å². The van der Waals surface area contributed by atoms with Crippen LogP contribution in [0.15, 0.2) is 25.3 Å². The average Bonchev–Trinajstić information content (AvgIpc) is 2.83. The molecule has 3 rings (SSSR count). The summed E-state index contributed by atoms with van der Waals surface area (Å²) < 4.78 is 0. The molecule has 3 heterocycles. The maximum absolute atomic E-state index is 5.11. The third kappa shape index (κ3) is 7.35. The van der Waals surface area contributed by atoms with Gasteiger partial charge in [-0.15, -0.1) is 13.2 Å². The van der Waals surface area contributed by atoms with E-state index in [9.17, 15) is 0 Å². The standard InChI is InChI=1S/C32H58N8/c1-13-16-19-39(25-22-31(8,9)40(18-15-3)32(10,11)23-25)28-36-26(33-17-14-2)35-27(37-28)34-24-20-29(4,5)38(12)30(6,7)21-24/h14-15,24-25H,2-3,13,16-23H2,1,4-12H3,(H2,33,34,35,36,37). The molecule has 2 aliphatic heterocycles. The molecule has 8 nitrogen and oxygen atoms in total. The van der Waals surface area contributed by atoms with Gasteiger partial charge in [0.05, 0.1) is 0 Å². The Morgan fingerprint density at radius 1 is 0.850 bits per heavy atom. The van der Waals surface area contributed by atoms with Gasteiger partial charge in [0.1, 0.15) is 0 Å². The number of hydrogen-bond acceptors (Lipinski definition) is 8. The van der Waals surface area contributed by atoms with Crippen molar-refractivity contribution < 1.29 is 0 Å². The summed E-state index contributed by atoms with van der Waals surface area (Å²) in [4.78, 5) is 22.5. The summed E-state index contributed by atoms with van der Waals surface area (Å²) in [5.41, 5.74) is 0.189. The minimum atomic E-state index is 0.0222. The van der Waals surface area contributed by atoms with Gasteiger partial charge in [0.15, 0.2) is 0 Å². The SMILES string of the molecule is C=CCNc1nc(NC2CC(C)(C)N(C)C(C)(C)C2)nc(N(CCCC)C2CC(C)(C)N(CC=C)C(C)(C)C2)n1. The molecule has 8 heteroatoms. The molecular weight excluding hydrogens is 496 g/mol. The fourth-order valence-electron chi connectivity index (χ4n) is 7.34. The zero-order chi connectivity index (χ0) is 29.9. The Morgan fingerprint density at radius 3 is 1.95 bits per heavy atom. The third-order valence-electron chi connectivity index (χ3n) is 9.36. The predicted octanol–water partition coefficient (Wildman–Crippen LogP) is 6.35. The van der Waals surface area contributed by atoms with Crippen LogP contribution in [-0.2, 0) is 0 Å². The van der Waals surface area contributed by atoms with E-state index in [0.29, 0.717) is 24.5 Å². The van der Waals surface area contributed by atoms with Crippen molar-refractivity contribution >= 4 is 17.8 Å². The van der Waals surface area contributed by atoms with Gasteiger partial charge in [-0.05, 0) is 94.5 Å². The monoisotopic (exact) mass is 554 g/mol. The Bertz CT molecular complexity index is 978. The van der Waals surface area contributed by atoms with E-state index in [1.807, 2.05) is 12.2 Å². The molecule has 0 saturated carbocycles. The molecule has 0 spiro atoms. The Morgan fingerprint density at radius 2 is 1.43 bits per heavy atom. The van der Waals surface area contributed by atoms with Crippen LogP contribution in [0.1, 0.15) is 101 Å². The quantitative estimate of drug-likeness (QED) is 0.290. The second kappa shape index (κ2) is 12.4. The Labute approximate surface area is 245 Å². The molecule has 2 N–H and O–H groups in total.